The van der Waals surface area contributed by atoms with Crippen molar-refractivity contribution < 1.29 is 19.2 Å². The maximum atomic E-state index is 10.8. The number of nitrogens with one attached hydrogen (secondary N) is 1. The zero-order valence-corrected chi connectivity index (χ0v) is 17.8. The zero-order chi connectivity index (χ0) is 22.0. The maximum absolute atomic E-state index is 10.8. The van der Waals surface area contributed by atoms with Crippen LogP contribution in [0, 0.1) is 0 Å². The molecule has 9 heteroatoms. The number of nitrogens with zero attached hydrogens (tertiary/aromatic N) is 3. The fourth-order valence-corrected chi connectivity index (χ4v) is 3.56. The van der Waals surface area contributed by atoms with E-state index in [9.17, 15) is 4.79 Å². The molecule has 0 spiro atoms. The predicted molar refractivity (Wildman–Crippen MR) is 116 cm³/mol. The van der Waals surface area contributed by atoms with Crippen LogP contribution >= 0.6 is 11.6 Å². The molecule has 8 nitrogen and oxygen atoms in total. The molecular formula is C22H21ClN4O4. The average Bonchev–Trinajstić information content (AvgIpc) is 3.39. The van der Waals surface area contributed by atoms with Crippen molar-refractivity contribution in [2.24, 2.45) is 0 Å². The molecule has 0 amide bonds. The number of carboxylic acid groups (broad SMARTS) is 1. The van der Waals surface area contributed by atoms with E-state index in [1.54, 1.807) is 12.3 Å². The monoisotopic (exact) mass is 440 g/mol. The van der Waals surface area contributed by atoms with E-state index in [2.05, 4.69) is 20.1 Å². The smallest absolute Gasteiger partial charge is 0.303 e. The SMILES string of the molecule is CC(C)Oc1ncc(-c2nc(-c3ccc(CCCC(=O)O)c4cc[nH]c34)no2)cc1Cl. The van der Waals surface area contributed by atoms with Gasteiger partial charge in [0.2, 0.25) is 11.7 Å². The molecule has 0 atom stereocenters. The number of aryl methyl sites for hydroxylation is 1. The van der Waals surface area contributed by atoms with Gasteiger partial charge in [0.15, 0.2) is 0 Å². The van der Waals surface area contributed by atoms with Crippen LogP contribution in [0.15, 0.2) is 41.2 Å². The van der Waals surface area contributed by atoms with Gasteiger partial charge in [-0.3, -0.25) is 4.79 Å². The van der Waals surface area contributed by atoms with Crippen molar-refractivity contribution in [3.8, 4) is 28.7 Å². The lowest BCUT2D eigenvalue weighted by Crippen LogP contribution is -2.07. The Balaban J connectivity index is 1.61. The van der Waals surface area contributed by atoms with Crippen molar-refractivity contribution in [3.05, 3.63) is 47.2 Å². The van der Waals surface area contributed by atoms with Crippen molar-refractivity contribution >= 4 is 28.5 Å². The largest absolute Gasteiger partial charge is 0.481 e. The number of aromatic amines is 1. The van der Waals surface area contributed by atoms with Gasteiger partial charge in [0, 0.05) is 29.8 Å². The minimum Gasteiger partial charge on any atom is -0.481 e. The topological polar surface area (TPSA) is 114 Å². The molecule has 1 aromatic carbocycles. The van der Waals surface area contributed by atoms with Crippen LogP contribution in [0.3, 0.4) is 0 Å². The summed E-state index contributed by atoms with van der Waals surface area (Å²) in [5.41, 5.74) is 3.32. The van der Waals surface area contributed by atoms with Crippen LogP contribution in [0.4, 0.5) is 0 Å². The number of aliphatic carboxylic acids is 1. The number of fused-ring (bicyclic) bond motifs is 1. The second kappa shape index (κ2) is 8.77. The second-order valence-electron chi connectivity index (χ2n) is 7.39. The molecule has 160 valence electrons. The number of pyridine rings is 1. The van der Waals surface area contributed by atoms with Crippen molar-refractivity contribution in [2.45, 2.75) is 39.2 Å². The highest BCUT2D eigenvalue weighted by molar-refractivity contribution is 6.32. The number of benzene rings is 1. The van der Waals surface area contributed by atoms with E-state index in [-0.39, 0.29) is 12.5 Å². The lowest BCUT2D eigenvalue weighted by molar-refractivity contribution is -0.137. The van der Waals surface area contributed by atoms with Gasteiger partial charge in [-0.2, -0.15) is 4.98 Å². The van der Waals surface area contributed by atoms with E-state index in [0.717, 1.165) is 22.0 Å². The third-order valence-electron chi connectivity index (χ3n) is 4.72. The van der Waals surface area contributed by atoms with Crippen LogP contribution in [0.2, 0.25) is 5.02 Å². The van der Waals surface area contributed by atoms with Gasteiger partial charge in [-0.1, -0.05) is 22.8 Å². The minimum absolute atomic E-state index is 0.0406. The highest BCUT2D eigenvalue weighted by atomic mass is 35.5. The first-order valence-corrected chi connectivity index (χ1v) is 10.3. The summed E-state index contributed by atoms with van der Waals surface area (Å²) in [6.45, 7) is 3.80. The molecule has 0 radical (unpaired) electrons. The molecule has 0 aliphatic heterocycles. The average molecular weight is 441 g/mol. The van der Waals surface area contributed by atoms with Crippen molar-refractivity contribution in [1.29, 1.82) is 0 Å². The summed E-state index contributed by atoms with van der Waals surface area (Å²) < 4.78 is 11.0. The van der Waals surface area contributed by atoms with Crippen molar-refractivity contribution in [3.63, 3.8) is 0 Å². The molecule has 0 aliphatic carbocycles. The van der Waals surface area contributed by atoms with Crippen LogP contribution in [-0.4, -0.2) is 37.3 Å². The second-order valence-corrected chi connectivity index (χ2v) is 7.79. The maximum Gasteiger partial charge on any atom is 0.303 e. The van der Waals surface area contributed by atoms with E-state index in [1.165, 1.54) is 0 Å². The lowest BCUT2D eigenvalue weighted by Gasteiger charge is -2.09. The third kappa shape index (κ3) is 4.54. The summed E-state index contributed by atoms with van der Waals surface area (Å²) in [7, 11) is 0. The Bertz CT molecular complexity index is 1230. The molecule has 0 bridgehead atoms. The summed E-state index contributed by atoms with van der Waals surface area (Å²) in [6.07, 6.45) is 4.77. The Morgan fingerprint density at radius 3 is 2.90 bits per heavy atom. The van der Waals surface area contributed by atoms with E-state index >= 15 is 0 Å². The number of hydrogen-bond acceptors (Lipinski definition) is 6. The molecule has 4 rings (SSSR count). The zero-order valence-electron chi connectivity index (χ0n) is 17.1. The number of halogens is 1. The Hall–Kier alpha value is -3.39. The van der Waals surface area contributed by atoms with Crippen LogP contribution in [0.5, 0.6) is 5.88 Å². The van der Waals surface area contributed by atoms with Crippen LogP contribution in [0.25, 0.3) is 33.7 Å². The van der Waals surface area contributed by atoms with Gasteiger partial charge in [-0.15, -0.1) is 0 Å². The molecule has 0 unspecified atom stereocenters. The first kappa shape index (κ1) is 20.9. The van der Waals surface area contributed by atoms with E-state index in [1.807, 2.05) is 38.2 Å². The fourth-order valence-electron chi connectivity index (χ4n) is 3.35. The van der Waals surface area contributed by atoms with Gasteiger partial charge in [-0.25, -0.2) is 4.98 Å². The fraction of sp³-hybridized carbons (Fsp3) is 0.273. The summed E-state index contributed by atoms with van der Waals surface area (Å²) in [5, 5.41) is 14.4. The van der Waals surface area contributed by atoms with Crippen LogP contribution in [-0.2, 0) is 11.2 Å². The van der Waals surface area contributed by atoms with E-state index in [4.69, 9.17) is 26.0 Å². The summed E-state index contributed by atoms with van der Waals surface area (Å²) in [4.78, 5) is 22.8. The molecule has 4 aromatic rings. The first-order valence-electron chi connectivity index (χ1n) is 9.90. The number of H-pyrrole nitrogens is 1. The van der Waals surface area contributed by atoms with Crippen molar-refractivity contribution in [2.75, 3.05) is 0 Å². The Morgan fingerprint density at radius 2 is 2.16 bits per heavy atom. The van der Waals surface area contributed by atoms with Gasteiger partial charge in [-0.05, 0) is 50.5 Å². The highest BCUT2D eigenvalue weighted by Gasteiger charge is 2.17. The molecule has 3 aromatic heterocycles. The molecule has 0 fully saturated rings. The van der Waals surface area contributed by atoms with Crippen LogP contribution < -0.4 is 4.74 Å². The highest BCUT2D eigenvalue weighted by Crippen LogP contribution is 2.32. The number of ether oxygens (including phenoxy) is 1. The van der Waals surface area contributed by atoms with Gasteiger partial charge >= 0.3 is 5.97 Å². The number of aromatic nitrogens is 4. The Morgan fingerprint density at radius 1 is 1.32 bits per heavy atom. The Labute approximate surface area is 183 Å². The third-order valence-corrected chi connectivity index (χ3v) is 4.99. The van der Waals surface area contributed by atoms with E-state index in [0.29, 0.717) is 41.0 Å². The van der Waals surface area contributed by atoms with Crippen molar-refractivity contribution in [1.82, 2.24) is 20.1 Å². The number of carboxylic acids is 1. The molecule has 3 heterocycles. The Kier molecular flexibility index (Phi) is 5.90. The predicted octanol–water partition coefficient (Wildman–Crippen LogP) is 5.13. The molecule has 0 saturated carbocycles. The molecule has 31 heavy (non-hydrogen) atoms. The first-order chi connectivity index (χ1) is 14.9. The van der Waals surface area contributed by atoms with Gasteiger partial charge in [0.25, 0.3) is 5.89 Å². The van der Waals surface area contributed by atoms with Gasteiger partial charge in [0.05, 0.1) is 17.2 Å². The quantitative estimate of drug-likeness (QED) is 0.390. The van der Waals surface area contributed by atoms with Gasteiger partial charge < -0.3 is 19.4 Å². The standard InChI is InChI=1S/C22H21ClN4O4/c1-12(2)30-22-17(23)10-14(11-25-22)21-26-20(27-31-21)16-7-6-13(4-3-5-18(28)29)15-8-9-24-19(15)16/h6-12,24H,3-5H2,1-2H3,(H,28,29). The number of carbonyl (C=O) groups is 1. The minimum atomic E-state index is -0.792. The molecule has 2 N–H and O–H groups in total. The summed E-state index contributed by atoms with van der Waals surface area (Å²) in [5.74, 6) is 0.287. The molecule has 0 aliphatic rings. The lowest BCUT2D eigenvalue weighted by atomic mass is 10.0. The van der Waals surface area contributed by atoms with Crippen LogP contribution in [0.1, 0.15) is 32.3 Å². The molecule has 0 saturated heterocycles. The number of rotatable bonds is 8. The molecular weight excluding hydrogens is 420 g/mol. The number of hydrogen-bond donors (Lipinski definition) is 2. The van der Waals surface area contributed by atoms with E-state index < -0.39 is 5.97 Å². The van der Waals surface area contributed by atoms with Gasteiger partial charge in [0.1, 0.15) is 5.02 Å². The summed E-state index contributed by atoms with van der Waals surface area (Å²) in [6, 6.07) is 7.53. The summed E-state index contributed by atoms with van der Waals surface area (Å²) >= 11 is 6.27. The normalized spacial score (nSPS) is 11.4.